The van der Waals surface area contributed by atoms with Gasteiger partial charge in [-0.3, -0.25) is 4.98 Å². The van der Waals surface area contributed by atoms with Gasteiger partial charge in [0.2, 0.25) is 0 Å². The molecule has 0 amide bonds. The van der Waals surface area contributed by atoms with E-state index in [0.717, 1.165) is 18.2 Å². The van der Waals surface area contributed by atoms with E-state index in [1.807, 2.05) is 0 Å². The van der Waals surface area contributed by atoms with Gasteiger partial charge in [0.1, 0.15) is 5.82 Å². The largest absolute Gasteiger partial charge is 0.417 e. The molecule has 2 nitrogen and oxygen atoms in total. The minimum absolute atomic E-state index is 0.113. The Bertz CT molecular complexity index is 611. The number of nitrogens with two attached hydrogens (primary N) is 1. The fourth-order valence-electron chi connectivity index (χ4n) is 1.67. The van der Waals surface area contributed by atoms with Crippen molar-refractivity contribution in [2.45, 2.75) is 12.2 Å². The Morgan fingerprint density at radius 3 is 2.35 bits per heavy atom. The summed E-state index contributed by atoms with van der Waals surface area (Å²) in [6.07, 6.45) is -3.80. The highest BCUT2D eigenvalue weighted by atomic mass is 35.5. The van der Waals surface area contributed by atoms with Crippen molar-refractivity contribution >= 4 is 11.6 Å². The molecule has 0 aliphatic rings. The average molecular weight is 305 g/mol. The van der Waals surface area contributed by atoms with Crippen molar-refractivity contribution in [2.75, 3.05) is 0 Å². The molecule has 7 heteroatoms. The van der Waals surface area contributed by atoms with Crippen molar-refractivity contribution in [1.29, 1.82) is 0 Å². The second-order valence-corrected chi connectivity index (χ2v) is 4.55. The molecule has 20 heavy (non-hydrogen) atoms. The molecule has 0 saturated heterocycles. The van der Waals surface area contributed by atoms with E-state index in [4.69, 9.17) is 17.3 Å². The minimum Gasteiger partial charge on any atom is -0.319 e. The molecule has 106 valence electrons. The van der Waals surface area contributed by atoms with E-state index < -0.39 is 23.6 Å². The molecule has 2 aromatic rings. The van der Waals surface area contributed by atoms with Gasteiger partial charge in [-0.15, -0.1) is 0 Å². The van der Waals surface area contributed by atoms with Crippen LogP contribution in [0.2, 0.25) is 5.02 Å². The van der Waals surface area contributed by atoms with Gasteiger partial charge in [-0.2, -0.15) is 13.2 Å². The second kappa shape index (κ2) is 5.38. The number of benzene rings is 1. The van der Waals surface area contributed by atoms with E-state index in [-0.39, 0.29) is 16.3 Å². The smallest absolute Gasteiger partial charge is 0.319 e. The Morgan fingerprint density at radius 2 is 1.85 bits per heavy atom. The highest BCUT2D eigenvalue weighted by Gasteiger charge is 2.31. The number of hydrogen-bond donors (Lipinski definition) is 1. The number of nitrogens with zero attached hydrogens (tertiary/aromatic N) is 1. The molecule has 1 aromatic carbocycles. The Balaban J connectivity index is 2.31. The van der Waals surface area contributed by atoms with Gasteiger partial charge < -0.3 is 5.73 Å². The topological polar surface area (TPSA) is 38.9 Å². The molecule has 2 rings (SSSR count). The Labute approximate surface area is 117 Å². The number of alkyl halides is 3. The highest BCUT2D eigenvalue weighted by Crippen LogP contribution is 2.30. The van der Waals surface area contributed by atoms with E-state index >= 15 is 0 Å². The molecule has 1 heterocycles. The quantitative estimate of drug-likeness (QED) is 0.854. The van der Waals surface area contributed by atoms with Crippen molar-refractivity contribution in [2.24, 2.45) is 5.73 Å². The van der Waals surface area contributed by atoms with Gasteiger partial charge in [-0.05, 0) is 24.3 Å². The first-order chi connectivity index (χ1) is 9.29. The van der Waals surface area contributed by atoms with Crippen molar-refractivity contribution in [3.63, 3.8) is 0 Å². The molecule has 1 aromatic heterocycles. The van der Waals surface area contributed by atoms with Crippen LogP contribution >= 0.6 is 11.6 Å². The summed E-state index contributed by atoms with van der Waals surface area (Å²) in [4.78, 5) is 3.64. The van der Waals surface area contributed by atoms with Gasteiger partial charge in [0, 0.05) is 16.8 Å². The van der Waals surface area contributed by atoms with Crippen LogP contribution in [0.15, 0.2) is 36.5 Å². The van der Waals surface area contributed by atoms with Gasteiger partial charge in [0.15, 0.2) is 0 Å². The first-order valence-corrected chi connectivity index (χ1v) is 5.90. The van der Waals surface area contributed by atoms with E-state index in [1.54, 1.807) is 0 Å². The van der Waals surface area contributed by atoms with Crippen LogP contribution in [-0.2, 0) is 6.18 Å². The standard InChI is InChI=1S/C13H9ClF4N2/c14-8-2-3-9(10(15)5-8)12(19)11-4-1-7(6-20-11)13(16,17)18/h1-6,12H,19H2. The van der Waals surface area contributed by atoms with Crippen molar-refractivity contribution in [3.8, 4) is 0 Å². The fourth-order valence-corrected chi connectivity index (χ4v) is 1.83. The molecule has 2 N–H and O–H groups in total. The predicted octanol–water partition coefficient (Wildman–Crippen LogP) is 3.94. The number of halogens is 5. The summed E-state index contributed by atoms with van der Waals surface area (Å²) in [7, 11) is 0. The summed E-state index contributed by atoms with van der Waals surface area (Å²) in [6.45, 7) is 0. The zero-order chi connectivity index (χ0) is 14.9. The lowest BCUT2D eigenvalue weighted by Crippen LogP contribution is -2.16. The summed E-state index contributed by atoms with van der Waals surface area (Å²) in [5.41, 5.74) is 5.17. The average Bonchev–Trinajstić information content (AvgIpc) is 2.37. The molecule has 0 aliphatic heterocycles. The highest BCUT2D eigenvalue weighted by molar-refractivity contribution is 6.30. The fraction of sp³-hybridized carbons (Fsp3) is 0.154. The molecule has 0 bridgehead atoms. The second-order valence-electron chi connectivity index (χ2n) is 4.11. The molecule has 1 atom stereocenters. The predicted molar refractivity (Wildman–Crippen MR) is 66.7 cm³/mol. The Hall–Kier alpha value is -1.66. The number of pyridine rings is 1. The summed E-state index contributed by atoms with van der Waals surface area (Å²) < 4.78 is 50.9. The van der Waals surface area contributed by atoms with Gasteiger partial charge >= 0.3 is 6.18 Å². The molecule has 0 spiro atoms. The summed E-state index contributed by atoms with van der Waals surface area (Å²) in [5.74, 6) is -0.633. The van der Waals surface area contributed by atoms with Crippen molar-refractivity contribution in [1.82, 2.24) is 4.98 Å². The molecule has 0 radical (unpaired) electrons. The van der Waals surface area contributed by atoms with Crippen LogP contribution in [0.1, 0.15) is 22.9 Å². The maximum absolute atomic E-state index is 13.7. The maximum Gasteiger partial charge on any atom is 0.417 e. The van der Waals surface area contributed by atoms with E-state index in [0.29, 0.717) is 6.20 Å². The first kappa shape index (κ1) is 14.7. The molecule has 1 unspecified atom stereocenters. The zero-order valence-electron chi connectivity index (χ0n) is 9.96. The molecule has 0 fully saturated rings. The first-order valence-electron chi connectivity index (χ1n) is 5.52. The summed E-state index contributed by atoms with van der Waals surface area (Å²) in [5, 5.41) is 0.207. The monoisotopic (exact) mass is 304 g/mol. The lowest BCUT2D eigenvalue weighted by atomic mass is 10.0. The van der Waals surface area contributed by atoms with Gasteiger partial charge in [-0.25, -0.2) is 4.39 Å². The van der Waals surface area contributed by atoms with Gasteiger partial charge in [0.05, 0.1) is 17.3 Å². The van der Waals surface area contributed by atoms with E-state index in [1.165, 1.54) is 12.1 Å². The number of rotatable bonds is 2. The lowest BCUT2D eigenvalue weighted by molar-refractivity contribution is -0.137. The van der Waals surface area contributed by atoms with Crippen LogP contribution in [0.4, 0.5) is 17.6 Å². The Morgan fingerprint density at radius 1 is 1.15 bits per heavy atom. The van der Waals surface area contributed by atoms with Crippen LogP contribution in [0.3, 0.4) is 0 Å². The van der Waals surface area contributed by atoms with Crippen LogP contribution in [0.5, 0.6) is 0 Å². The summed E-state index contributed by atoms with van der Waals surface area (Å²) in [6, 6.07) is 4.93. The minimum atomic E-state index is -4.47. The van der Waals surface area contributed by atoms with Crippen LogP contribution in [0, 0.1) is 5.82 Å². The maximum atomic E-state index is 13.7. The summed E-state index contributed by atoms with van der Waals surface area (Å²) >= 11 is 5.62. The third-order valence-corrected chi connectivity index (χ3v) is 2.96. The zero-order valence-corrected chi connectivity index (χ0v) is 10.7. The van der Waals surface area contributed by atoms with Gasteiger partial charge in [0.25, 0.3) is 0 Å². The van der Waals surface area contributed by atoms with Gasteiger partial charge in [-0.1, -0.05) is 17.7 Å². The van der Waals surface area contributed by atoms with E-state index in [2.05, 4.69) is 4.98 Å². The number of hydrogen-bond acceptors (Lipinski definition) is 2. The molecule has 0 aliphatic carbocycles. The van der Waals surface area contributed by atoms with Crippen molar-refractivity contribution < 1.29 is 17.6 Å². The SMILES string of the molecule is NC(c1ccc(C(F)(F)F)cn1)c1ccc(Cl)cc1F. The lowest BCUT2D eigenvalue weighted by Gasteiger charge is -2.14. The third kappa shape index (κ3) is 3.08. The normalized spacial score (nSPS) is 13.3. The van der Waals surface area contributed by atoms with Crippen LogP contribution in [0.25, 0.3) is 0 Å². The van der Waals surface area contributed by atoms with Crippen LogP contribution in [-0.4, -0.2) is 4.98 Å². The third-order valence-electron chi connectivity index (χ3n) is 2.73. The van der Waals surface area contributed by atoms with E-state index in [9.17, 15) is 17.6 Å². The Kier molecular flexibility index (Phi) is 3.96. The molecular formula is C13H9ClF4N2. The molecular weight excluding hydrogens is 296 g/mol. The van der Waals surface area contributed by atoms with Crippen molar-refractivity contribution in [3.05, 3.63) is 64.2 Å². The van der Waals surface area contributed by atoms with Crippen LogP contribution < -0.4 is 5.73 Å². The molecule has 0 saturated carbocycles. The number of aromatic nitrogens is 1.